The summed E-state index contributed by atoms with van der Waals surface area (Å²) in [7, 11) is 0. The molecule has 0 saturated heterocycles. The van der Waals surface area contributed by atoms with Gasteiger partial charge in [-0.25, -0.2) is 0 Å². The van der Waals surface area contributed by atoms with Crippen molar-refractivity contribution in [2.24, 2.45) is 0 Å². The van der Waals surface area contributed by atoms with Crippen LogP contribution in [0.1, 0.15) is 6.42 Å². The van der Waals surface area contributed by atoms with Gasteiger partial charge in [0.1, 0.15) is 0 Å². The highest BCUT2D eigenvalue weighted by Gasteiger charge is 1.85. The highest BCUT2D eigenvalue weighted by Crippen LogP contribution is 2.03. The van der Waals surface area contributed by atoms with Crippen LogP contribution in [-0.4, -0.2) is 6.54 Å². The smallest absolute Gasteiger partial charge is 0.0340 e. The van der Waals surface area contributed by atoms with E-state index in [1.807, 2.05) is 30.3 Å². The number of hydrogen-bond acceptors (Lipinski definition) is 1. The molecule has 1 nitrogen and oxygen atoms in total. The van der Waals surface area contributed by atoms with E-state index in [9.17, 15) is 0 Å². The zero-order chi connectivity index (χ0) is 7.94. The second-order valence-corrected chi connectivity index (χ2v) is 2.22. The van der Waals surface area contributed by atoms with Crippen LogP contribution in [0.25, 0.3) is 0 Å². The first kappa shape index (κ1) is 7.68. The minimum absolute atomic E-state index is 0.662. The summed E-state index contributed by atoms with van der Waals surface area (Å²) in [5, 5.41) is 3.16. The van der Waals surface area contributed by atoms with Gasteiger partial charge in [0.2, 0.25) is 0 Å². The first-order chi connectivity index (χ1) is 5.43. The molecular weight excluding hydrogens is 134 g/mol. The standard InChI is InChI=1S/C10H10N/c1-2-3-9-11-10-7-5-4-6-8-10/h4-8,11H,3,9H2. The first-order valence-corrected chi connectivity index (χ1v) is 3.62. The molecule has 55 valence electrons. The molecule has 0 fully saturated rings. The lowest BCUT2D eigenvalue weighted by molar-refractivity contribution is 1.10. The lowest BCUT2D eigenvalue weighted by atomic mass is 10.3. The van der Waals surface area contributed by atoms with E-state index in [2.05, 4.69) is 11.2 Å². The SMILES string of the molecule is [C]#CCCNc1ccccc1. The maximum absolute atomic E-state index is 6.68. The Labute approximate surface area is 67.4 Å². The minimum atomic E-state index is 0.662. The fraction of sp³-hybridized carbons (Fsp3) is 0.200. The summed E-state index contributed by atoms with van der Waals surface area (Å²) in [6, 6.07) is 9.95. The van der Waals surface area contributed by atoms with E-state index in [0.717, 1.165) is 12.2 Å². The number of anilines is 1. The van der Waals surface area contributed by atoms with E-state index >= 15 is 0 Å². The molecule has 1 N–H and O–H groups in total. The van der Waals surface area contributed by atoms with Gasteiger partial charge in [0.05, 0.1) is 0 Å². The van der Waals surface area contributed by atoms with Crippen LogP contribution < -0.4 is 5.32 Å². The van der Waals surface area contributed by atoms with Crippen molar-refractivity contribution in [1.82, 2.24) is 0 Å². The monoisotopic (exact) mass is 144 g/mol. The largest absolute Gasteiger partial charge is 0.384 e. The molecular formula is C10H10N. The van der Waals surface area contributed by atoms with Crippen molar-refractivity contribution in [3.63, 3.8) is 0 Å². The number of para-hydroxylation sites is 1. The summed E-state index contributed by atoms with van der Waals surface area (Å²) in [4.78, 5) is 0. The van der Waals surface area contributed by atoms with Crippen LogP contribution in [0.15, 0.2) is 30.3 Å². The quantitative estimate of drug-likeness (QED) is 0.506. The summed E-state index contributed by atoms with van der Waals surface area (Å²) < 4.78 is 0. The van der Waals surface area contributed by atoms with Crippen molar-refractivity contribution in [2.45, 2.75) is 6.42 Å². The zero-order valence-corrected chi connectivity index (χ0v) is 6.30. The van der Waals surface area contributed by atoms with Gasteiger partial charge in [-0.3, -0.25) is 0 Å². The van der Waals surface area contributed by atoms with E-state index in [1.165, 1.54) is 0 Å². The Morgan fingerprint density at radius 2 is 2.00 bits per heavy atom. The normalized spacial score (nSPS) is 8.64. The summed E-state index contributed by atoms with van der Waals surface area (Å²) in [5.41, 5.74) is 1.10. The Hall–Kier alpha value is -1.42. The molecule has 0 bridgehead atoms. The second kappa shape index (κ2) is 4.40. The van der Waals surface area contributed by atoms with Crippen LogP contribution in [0.5, 0.6) is 0 Å². The lowest BCUT2D eigenvalue weighted by Crippen LogP contribution is -1.99. The molecule has 0 saturated carbocycles. The molecule has 1 aromatic carbocycles. The third-order valence-electron chi connectivity index (χ3n) is 1.35. The Morgan fingerprint density at radius 1 is 1.27 bits per heavy atom. The highest BCUT2D eigenvalue weighted by atomic mass is 14.9. The van der Waals surface area contributed by atoms with E-state index < -0.39 is 0 Å². The third-order valence-corrected chi connectivity index (χ3v) is 1.35. The lowest BCUT2D eigenvalue weighted by Gasteiger charge is -2.01. The Bertz CT molecular complexity index is 233. The predicted molar refractivity (Wildman–Crippen MR) is 46.7 cm³/mol. The van der Waals surface area contributed by atoms with Gasteiger partial charge in [-0.15, -0.1) is 0 Å². The number of rotatable bonds is 3. The Balaban J connectivity index is 2.35. The average molecular weight is 144 g/mol. The third kappa shape index (κ3) is 2.77. The van der Waals surface area contributed by atoms with Gasteiger partial charge in [0.25, 0.3) is 0 Å². The van der Waals surface area contributed by atoms with Crippen LogP contribution >= 0.6 is 0 Å². The molecule has 0 unspecified atom stereocenters. The van der Waals surface area contributed by atoms with E-state index in [-0.39, 0.29) is 0 Å². The number of nitrogens with one attached hydrogen (secondary N) is 1. The Kier molecular flexibility index (Phi) is 3.08. The van der Waals surface area contributed by atoms with Gasteiger partial charge < -0.3 is 5.32 Å². The summed E-state index contributed by atoms with van der Waals surface area (Å²) in [5.74, 6) is 2.33. The van der Waals surface area contributed by atoms with Crippen molar-refractivity contribution in [3.8, 4) is 5.92 Å². The summed E-state index contributed by atoms with van der Waals surface area (Å²) in [6.45, 7) is 0.785. The molecule has 0 amide bonds. The first-order valence-electron chi connectivity index (χ1n) is 3.62. The van der Waals surface area contributed by atoms with E-state index in [1.54, 1.807) is 0 Å². The molecule has 0 aromatic heterocycles. The topological polar surface area (TPSA) is 12.0 Å². The van der Waals surface area contributed by atoms with Crippen molar-refractivity contribution >= 4 is 5.69 Å². The number of hydrogen-bond donors (Lipinski definition) is 1. The van der Waals surface area contributed by atoms with Crippen LogP contribution in [0, 0.1) is 12.3 Å². The molecule has 0 heterocycles. The second-order valence-electron chi connectivity index (χ2n) is 2.22. The molecule has 0 spiro atoms. The van der Waals surface area contributed by atoms with Crippen molar-refractivity contribution in [3.05, 3.63) is 36.8 Å². The maximum Gasteiger partial charge on any atom is 0.0340 e. The average Bonchev–Trinajstić information content (AvgIpc) is 2.07. The zero-order valence-electron chi connectivity index (χ0n) is 6.30. The van der Waals surface area contributed by atoms with Crippen LogP contribution in [0.2, 0.25) is 0 Å². The molecule has 1 radical (unpaired) electrons. The summed E-state index contributed by atoms with van der Waals surface area (Å²) in [6.07, 6.45) is 7.34. The fourth-order valence-electron chi connectivity index (χ4n) is 0.825. The van der Waals surface area contributed by atoms with Crippen LogP contribution in [0.3, 0.4) is 0 Å². The van der Waals surface area contributed by atoms with Gasteiger partial charge in [-0.2, -0.15) is 0 Å². The molecule has 0 aliphatic rings. The molecule has 0 aliphatic carbocycles. The van der Waals surface area contributed by atoms with E-state index in [0.29, 0.717) is 6.42 Å². The van der Waals surface area contributed by atoms with Gasteiger partial charge in [-0.05, 0) is 18.6 Å². The molecule has 0 aliphatic heterocycles. The van der Waals surface area contributed by atoms with Crippen molar-refractivity contribution < 1.29 is 0 Å². The van der Waals surface area contributed by atoms with Crippen LogP contribution in [0.4, 0.5) is 5.69 Å². The molecule has 1 rings (SSSR count). The number of benzene rings is 1. The van der Waals surface area contributed by atoms with Gasteiger partial charge in [-0.1, -0.05) is 24.1 Å². The van der Waals surface area contributed by atoms with Crippen molar-refractivity contribution in [1.29, 1.82) is 0 Å². The Morgan fingerprint density at radius 3 is 2.64 bits per heavy atom. The highest BCUT2D eigenvalue weighted by molar-refractivity contribution is 5.42. The maximum atomic E-state index is 6.68. The van der Waals surface area contributed by atoms with Crippen molar-refractivity contribution in [2.75, 3.05) is 11.9 Å². The molecule has 0 atom stereocenters. The van der Waals surface area contributed by atoms with Gasteiger partial charge >= 0.3 is 0 Å². The van der Waals surface area contributed by atoms with Gasteiger partial charge in [0, 0.05) is 18.7 Å². The predicted octanol–water partition coefficient (Wildman–Crippen LogP) is 2.08. The summed E-state index contributed by atoms with van der Waals surface area (Å²) >= 11 is 0. The molecule has 1 aromatic rings. The minimum Gasteiger partial charge on any atom is -0.384 e. The van der Waals surface area contributed by atoms with Crippen LogP contribution in [-0.2, 0) is 0 Å². The molecule has 11 heavy (non-hydrogen) atoms. The van der Waals surface area contributed by atoms with E-state index in [4.69, 9.17) is 6.42 Å². The molecule has 1 heteroatoms. The fourth-order valence-corrected chi connectivity index (χ4v) is 0.825. The van der Waals surface area contributed by atoms with Gasteiger partial charge in [0.15, 0.2) is 0 Å².